The second kappa shape index (κ2) is 11.2. The molecule has 162 valence electrons. The van der Waals surface area contributed by atoms with Gasteiger partial charge in [0, 0.05) is 32.2 Å². The van der Waals surface area contributed by atoms with E-state index < -0.39 is 0 Å². The summed E-state index contributed by atoms with van der Waals surface area (Å²) in [7, 11) is 0. The maximum absolute atomic E-state index is 11.4. The van der Waals surface area contributed by atoms with Gasteiger partial charge in [0.1, 0.15) is 12.2 Å². The Morgan fingerprint density at radius 3 is 2.30 bits per heavy atom. The van der Waals surface area contributed by atoms with Crippen LogP contribution in [0.2, 0.25) is 0 Å². The first-order chi connectivity index (χ1) is 14.3. The molecule has 3 rings (SSSR count). The second-order valence-corrected chi connectivity index (χ2v) is 7.72. The zero-order valence-electron chi connectivity index (χ0n) is 17.7. The van der Waals surface area contributed by atoms with Gasteiger partial charge in [-0.3, -0.25) is 14.9 Å². The first kappa shape index (κ1) is 23.2. The number of nitrogens with one attached hydrogen (secondary N) is 1. The van der Waals surface area contributed by atoms with E-state index in [0.717, 1.165) is 37.4 Å². The molecule has 0 bridgehead atoms. The minimum atomic E-state index is -0.383. The molecule has 0 aromatic heterocycles. The Hall–Kier alpha value is -3.13. The third kappa shape index (κ3) is 7.36. The quantitative estimate of drug-likeness (QED) is 0.438. The minimum Gasteiger partial charge on any atom is -0.481 e. The van der Waals surface area contributed by atoms with E-state index in [-0.39, 0.29) is 16.2 Å². The molecule has 2 aromatic carbocycles. The molecule has 8 heteroatoms. The molecule has 0 atom stereocenters. The SMILES string of the molecule is CC(C)(C)OC=O.O=[N+]([O-])c1cccc(N2CCNCC2)c1OCc1ccccc1. The third-order valence-corrected chi connectivity index (χ3v) is 4.26. The van der Waals surface area contributed by atoms with E-state index in [1.165, 1.54) is 6.07 Å². The lowest BCUT2D eigenvalue weighted by Crippen LogP contribution is -2.43. The van der Waals surface area contributed by atoms with Gasteiger partial charge < -0.3 is 19.7 Å². The number of hydrogen-bond acceptors (Lipinski definition) is 7. The topological polar surface area (TPSA) is 93.9 Å². The number of nitro benzene ring substituents is 1. The average Bonchev–Trinajstić information content (AvgIpc) is 2.73. The number of para-hydroxylation sites is 1. The van der Waals surface area contributed by atoms with Crippen LogP contribution >= 0.6 is 0 Å². The van der Waals surface area contributed by atoms with E-state index in [1.54, 1.807) is 6.07 Å². The number of carbonyl (C=O) groups excluding carboxylic acids is 1. The molecular formula is C22H29N3O5. The number of ether oxygens (including phenoxy) is 2. The summed E-state index contributed by atoms with van der Waals surface area (Å²) >= 11 is 0. The van der Waals surface area contributed by atoms with E-state index in [9.17, 15) is 14.9 Å². The number of nitrogens with zero attached hydrogens (tertiary/aromatic N) is 2. The van der Waals surface area contributed by atoms with E-state index >= 15 is 0 Å². The second-order valence-electron chi connectivity index (χ2n) is 7.72. The number of rotatable bonds is 6. The number of piperazine rings is 1. The molecule has 0 amide bonds. The number of nitro groups is 1. The Bertz CT molecular complexity index is 815. The zero-order chi connectivity index (χ0) is 22.0. The molecule has 1 saturated heterocycles. The van der Waals surface area contributed by atoms with E-state index in [1.807, 2.05) is 57.2 Å². The van der Waals surface area contributed by atoms with Crippen LogP contribution < -0.4 is 15.0 Å². The fourth-order valence-electron chi connectivity index (χ4n) is 2.83. The largest absolute Gasteiger partial charge is 0.481 e. The van der Waals surface area contributed by atoms with Gasteiger partial charge in [0.2, 0.25) is 5.75 Å². The molecule has 1 aliphatic rings. The Kier molecular flexibility index (Phi) is 8.61. The van der Waals surface area contributed by atoms with E-state index in [0.29, 0.717) is 18.8 Å². The lowest BCUT2D eigenvalue weighted by Gasteiger charge is -2.30. The Morgan fingerprint density at radius 1 is 1.10 bits per heavy atom. The van der Waals surface area contributed by atoms with Crippen LogP contribution in [0.25, 0.3) is 0 Å². The lowest BCUT2D eigenvalue weighted by atomic mass is 10.2. The van der Waals surface area contributed by atoms with Gasteiger partial charge in [-0.05, 0) is 32.4 Å². The van der Waals surface area contributed by atoms with E-state index in [4.69, 9.17) is 4.74 Å². The van der Waals surface area contributed by atoms with Crippen LogP contribution in [0.15, 0.2) is 48.5 Å². The smallest absolute Gasteiger partial charge is 0.313 e. The molecule has 2 aromatic rings. The monoisotopic (exact) mass is 415 g/mol. The van der Waals surface area contributed by atoms with Crippen LogP contribution in [-0.2, 0) is 16.1 Å². The third-order valence-electron chi connectivity index (χ3n) is 4.26. The lowest BCUT2D eigenvalue weighted by molar-refractivity contribution is -0.385. The molecule has 1 aliphatic heterocycles. The highest BCUT2D eigenvalue weighted by Crippen LogP contribution is 2.38. The van der Waals surface area contributed by atoms with Crippen molar-refractivity contribution >= 4 is 17.8 Å². The maximum atomic E-state index is 11.4. The van der Waals surface area contributed by atoms with Gasteiger partial charge >= 0.3 is 5.69 Å². The van der Waals surface area contributed by atoms with Gasteiger partial charge in [-0.2, -0.15) is 0 Å². The van der Waals surface area contributed by atoms with Crippen molar-refractivity contribution in [3.8, 4) is 5.75 Å². The molecule has 1 heterocycles. The first-order valence-electron chi connectivity index (χ1n) is 9.83. The van der Waals surface area contributed by atoms with Gasteiger partial charge in [0.15, 0.2) is 0 Å². The van der Waals surface area contributed by atoms with Crippen LogP contribution in [0.5, 0.6) is 5.75 Å². The Morgan fingerprint density at radius 2 is 1.77 bits per heavy atom. The number of anilines is 1. The summed E-state index contributed by atoms with van der Waals surface area (Å²) in [4.78, 5) is 22.7. The number of benzene rings is 2. The molecule has 8 nitrogen and oxygen atoms in total. The predicted molar refractivity (Wildman–Crippen MR) is 116 cm³/mol. The van der Waals surface area contributed by atoms with Crippen molar-refractivity contribution in [3.63, 3.8) is 0 Å². The van der Waals surface area contributed by atoms with Gasteiger partial charge in [0.25, 0.3) is 6.47 Å². The van der Waals surface area contributed by atoms with Crippen LogP contribution in [0.1, 0.15) is 26.3 Å². The van der Waals surface area contributed by atoms with Crippen molar-refractivity contribution in [2.75, 3.05) is 31.1 Å². The highest BCUT2D eigenvalue weighted by atomic mass is 16.6. The van der Waals surface area contributed by atoms with Gasteiger partial charge in [0.05, 0.1) is 10.6 Å². The van der Waals surface area contributed by atoms with Crippen molar-refractivity contribution in [1.29, 1.82) is 0 Å². The standard InChI is InChI=1S/C17H19N3O3.C5H10O2/c21-20(22)16-8-4-7-15(19-11-9-18-10-12-19)17(16)23-13-14-5-2-1-3-6-14;1-5(2,3)7-4-6/h1-8,18H,9-13H2;4H,1-3H3. The molecule has 0 saturated carbocycles. The normalized spacial score (nSPS) is 13.6. The highest BCUT2D eigenvalue weighted by Gasteiger charge is 2.23. The molecule has 30 heavy (non-hydrogen) atoms. The van der Waals surface area contributed by atoms with Gasteiger partial charge in [-0.1, -0.05) is 36.4 Å². The summed E-state index contributed by atoms with van der Waals surface area (Å²) in [6.45, 7) is 9.57. The van der Waals surface area contributed by atoms with E-state index in [2.05, 4.69) is 15.0 Å². The summed E-state index contributed by atoms with van der Waals surface area (Å²) in [5, 5.41) is 14.6. The summed E-state index contributed by atoms with van der Waals surface area (Å²) in [5.41, 5.74) is 1.47. The fourth-order valence-corrected chi connectivity index (χ4v) is 2.83. The Balaban J connectivity index is 0.000000396. The molecule has 0 spiro atoms. The van der Waals surface area contributed by atoms with Crippen LogP contribution in [-0.4, -0.2) is 43.2 Å². The summed E-state index contributed by atoms with van der Waals surface area (Å²) in [6.07, 6.45) is 0. The number of carbonyl (C=O) groups is 1. The van der Waals surface area contributed by atoms with Crippen molar-refractivity contribution in [1.82, 2.24) is 5.32 Å². The summed E-state index contributed by atoms with van der Waals surface area (Å²) < 4.78 is 10.4. The molecule has 0 aliphatic carbocycles. The molecule has 1 fully saturated rings. The van der Waals surface area contributed by atoms with Crippen molar-refractivity contribution in [2.45, 2.75) is 33.0 Å². The molecule has 0 radical (unpaired) electrons. The maximum Gasteiger partial charge on any atom is 0.313 e. The predicted octanol–water partition coefficient (Wildman–Crippen LogP) is 3.54. The summed E-state index contributed by atoms with van der Waals surface area (Å²) in [5.74, 6) is 0.350. The van der Waals surface area contributed by atoms with Crippen LogP contribution in [0.4, 0.5) is 11.4 Å². The average molecular weight is 415 g/mol. The summed E-state index contributed by atoms with van der Waals surface area (Å²) in [6, 6.07) is 14.8. The molecule has 0 unspecified atom stereocenters. The van der Waals surface area contributed by atoms with Gasteiger partial charge in [-0.25, -0.2) is 0 Å². The zero-order valence-corrected chi connectivity index (χ0v) is 17.7. The fraction of sp³-hybridized carbons (Fsp3) is 0.409. The van der Waals surface area contributed by atoms with Crippen molar-refractivity contribution in [2.24, 2.45) is 0 Å². The van der Waals surface area contributed by atoms with Crippen LogP contribution in [0.3, 0.4) is 0 Å². The van der Waals surface area contributed by atoms with Crippen LogP contribution in [0, 0.1) is 10.1 Å². The highest BCUT2D eigenvalue weighted by molar-refractivity contribution is 5.67. The minimum absolute atomic E-state index is 0.0111. The van der Waals surface area contributed by atoms with Crippen molar-refractivity contribution < 1.29 is 19.2 Å². The Labute approximate surface area is 176 Å². The molecular weight excluding hydrogens is 386 g/mol. The first-order valence-corrected chi connectivity index (χ1v) is 9.83. The molecule has 1 N–H and O–H groups in total. The van der Waals surface area contributed by atoms with Crippen molar-refractivity contribution in [3.05, 3.63) is 64.2 Å². The number of hydrogen-bond donors (Lipinski definition) is 1. The van der Waals surface area contributed by atoms with Gasteiger partial charge in [-0.15, -0.1) is 0 Å².